The molecule has 0 bridgehead atoms. The second-order valence-electron chi connectivity index (χ2n) is 8.60. The highest BCUT2D eigenvalue weighted by atomic mass is 16.2. The summed E-state index contributed by atoms with van der Waals surface area (Å²) in [5.41, 5.74) is 2.52. The average Bonchev–Trinajstić information content (AvgIpc) is 3.29. The van der Waals surface area contributed by atoms with Gasteiger partial charge in [0.1, 0.15) is 5.69 Å². The van der Waals surface area contributed by atoms with Crippen molar-refractivity contribution in [3.8, 4) is 0 Å². The van der Waals surface area contributed by atoms with E-state index >= 15 is 0 Å². The van der Waals surface area contributed by atoms with Gasteiger partial charge in [-0.2, -0.15) is 0 Å². The minimum absolute atomic E-state index is 0.184. The average molecular weight is 366 g/mol. The van der Waals surface area contributed by atoms with Crippen LogP contribution in [0.2, 0.25) is 0 Å². The van der Waals surface area contributed by atoms with Gasteiger partial charge in [-0.05, 0) is 63.8 Å². The van der Waals surface area contributed by atoms with Crippen molar-refractivity contribution in [2.24, 2.45) is 0 Å². The summed E-state index contributed by atoms with van der Waals surface area (Å²) in [6.45, 7) is 7.08. The van der Waals surface area contributed by atoms with Crippen molar-refractivity contribution in [2.75, 3.05) is 26.7 Å². The zero-order chi connectivity index (χ0) is 19.0. The van der Waals surface area contributed by atoms with Gasteiger partial charge in [0.15, 0.2) is 0 Å². The van der Waals surface area contributed by atoms with Gasteiger partial charge in [-0.15, -0.1) is 0 Å². The lowest BCUT2D eigenvalue weighted by Crippen LogP contribution is -2.52. The molecule has 2 fully saturated rings. The fraction of sp³-hybridized carbons (Fsp3) is 0.522. The Hall–Kier alpha value is -2.07. The zero-order valence-corrected chi connectivity index (χ0v) is 16.8. The van der Waals surface area contributed by atoms with Gasteiger partial charge in [0.2, 0.25) is 0 Å². The van der Waals surface area contributed by atoms with E-state index in [0.29, 0.717) is 12.0 Å². The van der Waals surface area contributed by atoms with Gasteiger partial charge in [0.05, 0.1) is 0 Å². The van der Waals surface area contributed by atoms with Crippen molar-refractivity contribution in [2.45, 2.75) is 50.6 Å². The first kappa shape index (κ1) is 18.3. The molecule has 0 N–H and O–H groups in total. The molecule has 4 heteroatoms. The smallest absolute Gasteiger partial charge is 0.270 e. The summed E-state index contributed by atoms with van der Waals surface area (Å²) >= 11 is 0. The lowest BCUT2D eigenvalue weighted by molar-refractivity contribution is 0.0482. The highest BCUT2D eigenvalue weighted by Crippen LogP contribution is 2.44. The summed E-state index contributed by atoms with van der Waals surface area (Å²) in [5.74, 6) is 0.792. The fourth-order valence-corrected chi connectivity index (χ4v) is 5.05. The maximum absolute atomic E-state index is 13.0. The van der Waals surface area contributed by atoms with E-state index in [1.807, 2.05) is 18.3 Å². The van der Waals surface area contributed by atoms with Crippen molar-refractivity contribution in [3.63, 3.8) is 0 Å². The van der Waals surface area contributed by atoms with Crippen LogP contribution in [0.15, 0.2) is 48.7 Å². The molecular weight excluding hydrogens is 334 g/mol. The molecule has 2 saturated heterocycles. The largest absolute Gasteiger partial charge is 0.341 e. The molecule has 0 unspecified atom stereocenters. The van der Waals surface area contributed by atoms with Crippen LogP contribution in [-0.2, 0) is 0 Å². The molecule has 2 aliphatic rings. The highest BCUT2D eigenvalue weighted by Gasteiger charge is 2.46. The van der Waals surface area contributed by atoms with Crippen LogP contribution in [0.5, 0.6) is 0 Å². The third-order valence-corrected chi connectivity index (χ3v) is 6.74. The molecule has 1 aromatic carbocycles. The van der Waals surface area contributed by atoms with Crippen LogP contribution in [-0.4, -0.2) is 52.5 Å². The third kappa shape index (κ3) is 3.31. The van der Waals surface area contributed by atoms with E-state index in [-0.39, 0.29) is 11.4 Å². The van der Waals surface area contributed by atoms with Crippen LogP contribution in [0, 0.1) is 0 Å². The van der Waals surface area contributed by atoms with Crippen LogP contribution in [0.1, 0.15) is 61.1 Å². The maximum atomic E-state index is 13.0. The summed E-state index contributed by atoms with van der Waals surface area (Å²) in [5, 5.41) is 0. The van der Waals surface area contributed by atoms with Crippen LogP contribution in [0.3, 0.4) is 0 Å². The Bertz CT molecular complexity index is 787. The Labute approximate surface area is 162 Å². The maximum Gasteiger partial charge on any atom is 0.270 e. The minimum atomic E-state index is 0.184. The molecule has 0 aliphatic carbocycles. The molecule has 3 heterocycles. The van der Waals surface area contributed by atoms with E-state index in [2.05, 4.69) is 65.6 Å². The second-order valence-corrected chi connectivity index (χ2v) is 8.60. The number of amides is 1. The number of nitrogens with zero attached hydrogens (tertiary/aromatic N) is 3. The highest BCUT2D eigenvalue weighted by molar-refractivity contribution is 5.93. The predicted octanol–water partition coefficient (Wildman–Crippen LogP) is 4.16. The molecular formula is C23H31N3O. The molecule has 1 spiro atoms. The molecule has 27 heavy (non-hydrogen) atoms. The van der Waals surface area contributed by atoms with E-state index < -0.39 is 0 Å². The number of likely N-dealkylation sites (N-methyl/N-ethyl adjacent to an activating group) is 1. The molecule has 1 amide bonds. The van der Waals surface area contributed by atoms with Gasteiger partial charge in [-0.3, -0.25) is 9.69 Å². The Morgan fingerprint density at radius 2 is 1.78 bits per heavy atom. The number of carbonyl (C=O) groups excluding carboxylic acids is 1. The topological polar surface area (TPSA) is 28.5 Å². The van der Waals surface area contributed by atoms with E-state index in [1.165, 1.54) is 12.0 Å². The second kappa shape index (κ2) is 7.16. The van der Waals surface area contributed by atoms with Gasteiger partial charge < -0.3 is 9.47 Å². The van der Waals surface area contributed by atoms with Crippen LogP contribution in [0.4, 0.5) is 0 Å². The number of carbonyl (C=O) groups is 1. The van der Waals surface area contributed by atoms with Gasteiger partial charge in [0, 0.05) is 37.4 Å². The number of aromatic nitrogens is 1. The van der Waals surface area contributed by atoms with Crippen LogP contribution < -0.4 is 0 Å². The molecule has 1 aromatic heterocycles. The number of rotatable bonds is 3. The van der Waals surface area contributed by atoms with E-state index in [9.17, 15) is 4.79 Å². The van der Waals surface area contributed by atoms with E-state index in [0.717, 1.165) is 38.2 Å². The summed E-state index contributed by atoms with van der Waals surface area (Å²) in [6, 6.07) is 15.1. The zero-order valence-electron chi connectivity index (χ0n) is 16.8. The Kier molecular flexibility index (Phi) is 4.85. The monoisotopic (exact) mass is 365 g/mol. The lowest BCUT2D eigenvalue weighted by atomic mass is 9.81. The van der Waals surface area contributed by atoms with E-state index in [4.69, 9.17) is 0 Å². The Balaban J connectivity index is 1.44. The fourth-order valence-electron chi connectivity index (χ4n) is 5.05. The predicted molar refractivity (Wildman–Crippen MR) is 109 cm³/mol. The molecule has 4 rings (SSSR count). The minimum Gasteiger partial charge on any atom is -0.341 e. The molecule has 2 aromatic rings. The summed E-state index contributed by atoms with van der Waals surface area (Å²) in [7, 11) is 2.27. The van der Waals surface area contributed by atoms with Crippen molar-refractivity contribution < 1.29 is 4.79 Å². The molecule has 0 saturated carbocycles. The van der Waals surface area contributed by atoms with Gasteiger partial charge in [0.25, 0.3) is 5.91 Å². The number of likely N-dealkylation sites (tertiary alicyclic amines) is 2. The molecule has 1 atom stereocenters. The van der Waals surface area contributed by atoms with Crippen molar-refractivity contribution in [1.82, 2.24) is 14.4 Å². The molecule has 4 nitrogen and oxygen atoms in total. The first-order valence-corrected chi connectivity index (χ1v) is 10.2. The van der Waals surface area contributed by atoms with Gasteiger partial charge in [-0.1, -0.05) is 30.3 Å². The van der Waals surface area contributed by atoms with Crippen LogP contribution >= 0.6 is 0 Å². The first-order valence-electron chi connectivity index (χ1n) is 10.2. The SMILES string of the molecule is CC(C)n1cccc1C(=O)N1CCC2(CC1)C[C@H](c1ccccc1)CN2C. The Morgan fingerprint density at radius 3 is 2.44 bits per heavy atom. The van der Waals surface area contributed by atoms with Crippen LogP contribution in [0.25, 0.3) is 0 Å². The Morgan fingerprint density at radius 1 is 1.07 bits per heavy atom. The summed E-state index contributed by atoms with van der Waals surface area (Å²) < 4.78 is 2.08. The summed E-state index contributed by atoms with van der Waals surface area (Å²) in [6.07, 6.45) is 5.36. The standard InChI is InChI=1S/C23H31N3O/c1-18(2)26-13-7-10-21(26)22(27)25-14-11-23(12-15-25)16-20(17-24(23)3)19-8-5-4-6-9-19/h4-10,13,18,20H,11-12,14-17H2,1-3H3/t20-/m0/s1. The van der Waals surface area contributed by atoms with E-state index in [1.54, 1.807) is 0 Å². The van der Waals surface area contributed by atoms with Crippen molar-refractivity contribution in [1.29, 1.82) is 0 Å². The van der Waals surface area contributed by atoms with Gasteiger partial charge in [-0.25, -0.2) is 0 Å². The van der Waals surface area contributed by atoms with Gasteiger partial charge >= 0.3 is 0 Å². The normalized spacial score (nSPS) is 22.7. The number of hydrogen-bond acceptors (Lipinski definition) is 2. The number of benzene rings is 1. The first-order chi connectivity index (χ1) is 13.0. The number of hydrogen-bond donors (Lipinski definition) is 0. The molecule has 0 radical (unpaired) electrons. The summed E-state index contributed by atoms with van der Waals surface area (Å²) in [4.78, 5) is 17.7. The third-order valence-electron chi connectivity index (χ3n) is 6.74. The molecule has 144 valence electrons. The van der Waals surface area contributed by atoms with Crippen molar-refractivity contribution >= 4 is 5.91 Å². The number of piperidine rings is 1. The quantitative estimate of drug-likeness (QED) is 0.817. The molecule has 2 aliphatic heterocycles. The van der Waals surface area contributed by atoms with Crippen molar-refractivity contribution in [3.05, 3.63) is 59.9 Å². The lowest BCUT2D eigenvalue weighted by Gasteiger charge is -2.43.